The van der Waals surface area contributed by atoms with Crippen molar-refractivity contribution in [3.05, 3.63) is 42.0 Å². The zero-order valence-electron chi connectivity index (χ0n) is 13.5. The van der Waals surface area contributed by atoms with Crippen molar-refractivity contribution >= 4 is 0 Å². The van der Waals surface area contributed by atoms with Gasteiger partial charge in [0, 0.05) is 12.2 Å². The number of hydrogen-bond donors (Lipinski definition) is 1. The lowest BCUT2D eigenvalue weighted by atomic mass is 10.1. The van der Waals surface area contributed by atoms with Gasteiger partial charge in [-0.25, -0.2) is 4.68 Å². The molecule has 0 aromatic carbocycles. The van der Waals surface area contributed by atoms with E-state index in [2.05, 4.69) is 61.3 Å². The summed E-state index contributed by atoms with van der Waals surface area (Å²) in [6.45, 7) is 9.70. The normalized spacial score (nSPS) is 12.8. The Balaban J connectivity index is 2.13. The highest BCUT2D eigenvalue weighted by Gasteiger charge is 2.10. The summed E-state index contributed by atoms with van der Waals surface area (Å²) in [6, 6.07) is 6.59. The first-order valence-corrected chi connectivity index (χ1v) is 7.91. The molecule has 0 aliphatic carbocycles. The fraction of sp³-hybridized carbons (Fsp3) is 0.529. The molecular formula is C17H26N4. The highest BCUT2D eigenvalue weighted by Crippen LogP contribution is 2.17. The van der Waals surface area contributed by atoms with Crippen molar-refractivity contribution in [2.45, 2.75) is 52.5 Å². The second-order valence-electron chi connectivity index (χ2n) is 5.70. The van der Waals surface area contributed by atoms with Crippen molar-refractivity contribution in [2.24, 2.45) is 0 Å². The molecule has 0 saturated carbocycles. The molecule has 1 unspecified atom stereocenters. The van der Waals surface area contributed by atoms with Crippen LogP contribution in [0.5, 0.6) is 0 Å². The molecule has 4 nitrogen and oxygen atoms in total. The van der Waals surface area contributed by atoms with Gasteiger partial charge in [-0.2, -0.15) is 5.10 Å². The van der Waals surface area contributed by atoms with Gasteiger partial charge < -0.3 is 5.32 Å². The zero-order valence-corrected chi connectivity index (χ0v) is 13.5. The van der Waals surface area contributed by atoms with E-state index in [4.69, 9.17) is 0 Å². The van der Waals surface area contributed by atoms with Gasteiger partial charge in [0.15, 0.2) is 0 Å². The third kappa shape index (κ3) is 3.91. The Morgan fingerprint density at radius 2 is 1.95 bits per heavy atom. The highest BCUT2D eigenvalue weighted by atomic mass is 15.3. The van der Waals surface area contributed by atoms with Gasteiger partial charge in [-0.3, -0.25) is 4.98 Å². The van der Waals surface area contributed by atoms with E-state index in [-0.39, 0.29) is 0 Å². The third-order valence-corrected chi connectivity index (χ3v) is 3.64. The maximum atomic E-state index is 4.61. The number of rotatable bonds is 7. The predicted molar refractivity (Wildman–Crippen MR) is 86.8 cm³/mol. The second kappa shape index (κ2) is 7.36. The van der Waals surface area contributed by atoms with Gasteiger partial charge >= 0.3 is 0 Å². The quantitative estimate of drug-likeness (QED) is 0.841. The maximum Gasteiger partial charge on any atom is 0.0829 e. The first-order valence-electron chi connectivity index (χ1n) is 7.91. The van der Waals surface area contributed by atoms with Crippen LogP contribution in [0.15, 0.2) is 30.6 Å². The minimum absolute atomic E-state index is 0.336. The fourth-order valence-electron chi connectivity index (χ4n) is 2.31. The standard InChI is InChI=1S/C17H26N4/c1-5-10-18-15(6-2)17-8-7-14(12-19-17)21-11-9-16(20-21)13(3)4/h7-9,11-13,15,18H,5-6,10H2,1-4H3. The van der Waals surface area contributed by atoms with Crippen LogP contribution in [-0.2, 0) is 0 Å². The molecule has 2 heterocycles. The van der Waals surface area contributed by atoms with E-state index in [0.717, 1.165) is 36.5 Å². The Labute approximate surface area is 127 Å². The smallest absolute Gasteiger partial charge is 0.0829 e. The van der Waals surface area contributed by atoms with Crippen molar-refractivity contribution in [1.82, 2.24) is 20.1 Å². The molecule has 2 rings (SSSR count). The van der Waals surface area contributed by atoms with Gasteiger partial charge in [-0.15, -0.1) is 0 Å². The monoisotopic (exact) mass is 286 g/mol. The lowest BCUT2D eigenvalue weighted by Gasteiger charge is -2.16. The van der Waals surface area contributed by atoms with Gasteiger partial charge in [0.05, 0.1) is 23.3 Å². The Kier molecular flexibility index (Phi) is 5.51. The van der Waals surface area contributed by atoms with E-state index < -0.39 is 0 Å². The van der Waals surface area contributed by atoms with Crippen LogP contribution in [0.1, 0.15) is 63.9 Å². The molecule has 0 bridgehead atoms. The molecule has 0 radical (unpaired) electrons. The molecule has 1 atom stereocenters. The van der Waals surface area contributed by atoms with Gasteiger partial charge in [-0.1, -0.05) is 27.7 Å². The van der Waals surface area contributed by atoms with Crippen molar-refractivity contribution in [3.8, 4) is 5.69 Å². The van der Waals surface area contributed by atoms with E-state index in [1.165, 1.54) is 0 Å². The summed E-state index contributed by atoms with van der Waals surface area (Å²) >= 11 is 0. The molecule has 0 spiro atoms. The van der Waals surface area contributed by atoms with Gasteiger partial charge in [-0.05, 0) is 43.5 Å². The Hall–Kier alpha value is -1.68. The molecule has 0 saturated heterocycles. The lowest BCUT2D eigenvalue weighted by molar-refractivity contribution is 0.507. The predicted octanol–water partition coefficient (Wildman–Crippen LogP) is 3.84. The molecule has 0 aliphatic rings. The average molecular weight is 286 g/mol. The van der Waals surface area contributed by atoms with E-state index >= 15 is 0 Å². The van der Waals surface area contributed by atoms with Crippen molar-refractivity contribution in [2.75, 3.05) is 6.54 Å². The van der Waals surface area contributed by atoms with Crippen LogP contribution in [0.4, 0.5) is 0 Å². The third-order valence-electron chi connectivity index (χ3n) is 3.64. The van der Waals surface area contributed by atoms with Gasteiger partial charge in [0.25, 0.3) is 0 Å². The summed E-state index contributed by atoms with van der Waals surface area (Å²) in [5.41, 5.74) is 3.22. The molecule has 0 fully saturated rings. The summed E-state index contributed by atoms with van der Waals surface area (Å²) in [5.74, 6) is 0.446. The molecule has 2 aromatic rings. The molecule has 2 aromatic heterocycles. The van der Waals surface area contributed by atoms with E-state index in [1.54, 1.807) is 0 Å². The Morgan fingerprint density at radius 1 is 1.14 bits per heavy atom. The summed E-state index contributed by atoms with van der Waals surface area (Å²) < 4.78 is 1.90. The summed E-state index contributed by atoms with van der Waals surface area (Å²) in [4.78, 5) is 4.61. The number of nitrogens with one attached hydrogen (secondary N) is 1. The molecule has 1 N–H and O–H groups in total. The summed E-state index contributed by atoms with van der Waals surface area (Å²) in [7, 11) is 0. The van der Waals surface area contributed by atoms with Gasteiger partial charge in [0.1, 0.15) is 0 Å². The molecule has 4 heteroatoms. The van der Waals surface area contributed by atoms with Crippen molar-refractivity contribution in [3.63, 3.8) is 0 Å². The molecule has 0 aliphatic heterocycles. The lowest BCUT2D eigenvalue weighted by Crippen LogP contribution is -2.22. The number of aromatic nitrogens is 3. The number of pyridine rings is 1. The molecule has 114 valence electrons. The van der Waals surface area contributed by atoms with Crippen LogP contribution in [0, 0.1) is 0 Å². The van der Waals surface area contributed by atoms with Crippen LogP contribution >= 0.6 is 0 Å². The minimum Gasteiger partial charge on any atom is -0.309 e. The van der Waals surface area contributed by atoms with Crippen LogP contribution in [0.25, 0.3) is 5.69 Å². The second-order valence-corrected chi connectivity index (χ2v) is 5.70. The highest BCUT2D eigenvalue weighted by molar-refractivity contribution is 5.30. The average Bonchev–Trinajstić information content (AvgIpc) is 2.99. The molecular weight excluding hydrogens is 260 g/mol. The van der Waals surface area contributed by atoms with E-state index in [1.807, 2.05) is 17.1 Å². The number of nitrogens with zero attached hydrogens (tertiary/aromatic N) is 3. The summed E-state index contributed by atoms with van der Waals surface area (Å²) in [6.07, 6.45) is 6.09. The van der Waals surface area contributed by atoms with Crippen LogP contribution < -0.4 is 5.32 Å². The zero-order chi connectivity index (χ0) is 15.2. The SMILES string of the molecule is CCCNC(CC)c1ccc(-n2ccc(C(C)C)n2)cn1. The van der Waals surface area contributed by atoms with Crippen molar-refractivity contribution in [1.29, 1.82) is 0 Å². The topological polar surface area (TPSA) is 42.7 Å². The molecule has 21 heavy (non-hydrogen) atoms. The van der Waals surface area contributed by atoms with E-state index in [9.17, 15) is 0 Å². The Morgan fingerprint density at radius 3 is 2.48 bits per heavy atom. The van der Waals surface area contributed by atoms with Crippen LogP contribution in [0.2, 0.25) is 0 Å². The van der Waals surface area contributed by atoms with E-state index in [0.29, 0.717) is 12.0 Å². The first kappa shape index (κ1) is 15.7. The molecule has 0 amide bonds. The van der Waals surface area contributed by atoms with Crippen LogP contribution in [0.3, 0.4) is 0 Å². The Bertz CT molecular complexity index is 542. The maximum absolute atomic E-state index is 4.61. The number of hydrogen-bond acceptors (Lipinski definition) is 3. The summed E-state index contributed by atoms with van der Waals surface area (Å²) in [5, 5.41) is 8.11. The fourth-order valence-corrected chi connectivity index (χ4v) is 2.31. The van der Waals surface area contributed by atoms with Crippen LogP contribution in [-0.4, -0.2) is 21.3 Å². The first-order chi connectivity index (χ1) is 10.2. The largest absolute Gasteiger partial charge is 0.309 e. The van der Waals surface area contributed by atoms with Gasteiger partial charge in [0.2, 0.25) is 0 Å². The minimum atomic E-state index is 0.336. The van der Waals surface area contributed by atoms with Crippen molar-refractivity contribution < 1.29 is 0 Å².